The number of aryl methyl sites for hydroxylation is 3. The summed E-state index contributed by atoms with van der Waals surface area (Å²) in [4.78, 5) is 0. The van der Waals surface area contributed by atoms with Gasteiger partial charge in [-0.3, -0.25) is 0 Å². The van der Waals surface area contributed by atoms with Crippen LogP contribution in [0.5, 0.6) is 0 Å². The quantitative estimate of drug-likeness (QED) is 0.507. The van der Waals surface area contributed by atoms with Crippen molar-refractivity contribution in [1.29, 1.82) is 0 Å². The van der Waals surface area contributed by atoms with Crippen LogP contribution in [0, 0.1) is 34.6 Å². The number of fused-ring (bicyclic) bond motifs is 1. The van der Waals surface area contributed by atoms with Crippen LogP contribution in [0.2, 0.25) is 0 Å². The molecule has 25 heavy (non-hydrogen) atoms. The Kier molecular flexibility index (Phi) is 4.11. The van der Waals surface area contributed by atoms with Crippen LogP contribution in [0.1, 0.15) is 54.6 Å². The van der Waals surface area contributed by atoms with Gasteiger partial charge in [-0.2, -0.15) is 4.57 Å². The summed E-state index contributed by atoms with van der Waals surface area (Å²) in [7, 11) is 2.09. The summed E-state index contributed by atoms with van der Waals surface area (Å²) in [6, 6.07) is 9.61. The van der Waals surface area contributed by atoms with Crippen LogP contribution in [-0.2, 0) is 7.05 Å². The Bertz CT molecular complexity index is 1030. The van der Waals surface area contributed by atoms with Crippen LogP contribution in [0.15, 0.2) is 30.3 Å². The van der Waals surface area contributed by atoms with Gasteiger partial charge in [-0.15, -0.1) is 0 Å². The maximum absolute atomic E-state index is 8.84. The molecule has 0 amide bonds. The van der Waals surface area contributed by atoms with Crippen LogP contribution in [0.3, 0.4) is 0 Å². The van der Waals surface area contributed by atoms with Gasteiger partial charge >= 0.3 is 0 Å². The van der Waals surface area contributed by atoms with E-state index in [4.69, 9.17) is 1.37 Å². The van der Waals surface area contributed by atoms with Gasteiger partial charge in [0.15, 0.2) is 5.69 Å². The summed E-state index contributed by atoms with van der Waals surface area (Å²) in [5.74, 6) is 0.392. The fraction of sp³-hybridized carbons (Fsp3) is 0.375. The molecule has 1 nitrogen and oxygen atoms in total. The maximum Gasteiger partial charge on any atom is 0.220 e. The highest BCUT2D eigenvalue weighted by atomic mass is 14.9. The second-order valence-electron chi connectivity index (χ2n) is 7.75. The molecule has 0 saturated carbocycles. The molecule has 1 heterocycles. The molecule has 0 spiro atoms. The molecular weight excluding hydrogens is 302 g/mol. The van der Waals surface area contributed by atoms with Crippen molar-refractivity contribution in [3.8, 4) is 11.3 Å². The molecule has 0 unspecified atom stereocenters. The summed E-state index contributed by atoms with van der Waals surface area (Å²) >= 11 is 0. The number of aromatic nitrogens is 1. The first-order valence-electron chi connectivity index (χ1n) is 9.65. The second kappa shape index (κ2) is 6.29. The molecule has 2 aromatic carbocycles. The summed E-state index contributed by atoms with van der Waals surface area (Å²) in [5.41, 5.74) is 10.0. The molecule has 0 radical (unpaired) electrons. The van der Waals surface area contributed by atoms with Crippen molar-refractivity contribution in [2.45, 2.75) is 54.4 Å². The zero-order valence-electron chi connectivity index (χ0n) is 17.8. The first kappa shape index (κ1) is 16.3. The maximum atomic E-state index is 8.84. The minimum absolute atomic E-state index is 0.392. The van der Waals surface area contributed by atoms with E-state index in [9.17, 15) is 0 Å². The summed E-state index contributed by atoms with van der Waals surface area (Å²) in [6.07, 6.45) is 0. The van der Waals surface area contributed by atoms with Crippen molar-refractivity contribution in [2.75, 3.05) is 0 Å². The average molecular weight is 334 g/mol. The van der Waals surface area contributed by atoms with E-state index in [2.05, 4.69) is 84.3 Å². The van der Waals surface area contributed by atoms with Crippen LogP contribution in [0.25, 0.3) is 22.0 Å². The van der Waals surface area contributed by atoms with Gasteiger partial charge in [0.2, 0.25) is 5.69 Å². The van der Waals surface area contributed by atoms with E-state index >= 15 is 0 Å². The molecule has 0 N–H and O–H groups in total. The standard InChI is InChI=1S/C24H30N/c1-14(2)23-16(4)9-10-20-22(23)13-18(6)25(8)24(20)21-12-15(3)11-17(5)19(21)7/h9-14H,1-8H3/q+1/i13D. The fourth-order valence-corrected chi connectivity index (χ4v) is 4.02. The molecule has 0 aliphatic heterocycles. The van der Waals surface area contributed by atoms with Gasteiger partial charge in [-0.1, -0.05) is 31.5 Å². The van der Waals surface area contributed by atoms with Gasteiger partial charge in [0.05, 0.1) is 12.3 Å². The number of nitrogens with zero attached hydrogens (tertiary/aromatic N) is 1. The lowest BCUT2D eigenvalue weighted by Crippen LogP contribution is -2.35. The molecule has 0 aliphatic carbocycles. The lowest BCUT2D eigenvalue weighted by atomic mass is 9.88. The highest BCUT2D eigenvalue weighted by Gasteiger charge is 2.23. The molecule has 130 valence electrons. The monoisotopic (exact) mass is 333 g/mol. The second-order valence-corrected chi connectivity index (χ2v) is 7.75. The third kappa shape index (κ3) is 2.86. The summed E-state index contributed by atoms with van der Waals surface area (Å²) in [6.45, 7) is 15.2. The van der Waals surface area contributed by atoms with Crippen molar-refractivity contribution in [1.82, 2.24) is 0 Å². The highest BCUT2D eigenvalue weighted by Crippen LogP contribution is 2.35. The normalized spacial score (nSPS) is 12.1. The van der Waals surface area contributed by atoms with Gasteiger partial charge in [0.1, 0.15) is 7.05 Å². The molecule has 0 fully saturated rings. The van der Waals surface area contributed by atoms with Crippen LogP contribution < -0.4 is 4.57 Å². The van der Waals surface area contributed by atoms with E-state index in [0.717, 1.165) is 11.1 Å². The van der Waals surface area contributed by atoms with Crippen LogP contribution >= 0.6 is 0 Å². The first-order chi connectivity index (χ1) is 12.1. The predicted molar refractivity (Wildman–Crippen MR) is 108 cm³/mol. The van der Waals surface area contributed by atoms with Gasteiger partial charge < -0.3 is 0 Å². The first-order valence-corrected chi connectivity index (χ1v) is 9.15. The van der Waals surface area contributed by atoms with Crippen LogP contribution in [0.4, 0.5) is 0 Å². The molecule has 0 bridgehead atoms. The largest absolute Gasteiger partial charge is 0.220 e. The van der Waals surface area contributed by atoms with E-state index in [1.165, 1.54) is 44.5 Å². The molecule has 3 aromatic rings. The number of hydrogen-bond acceptors (Lipinski definition) is 0. The molecule has 3 rings (SSSR count). The van der Waals surface area contributed by atoms with Gasteiger partial charge in [0.25, 0.3) is 0 Å². The van der Waals surface area contributed by atoms with E-state index in [0.29, 0.717) is 12.0 Å². The van der Waals surface area contributed by atoms with Gasteiger partial charge in [0, 0.05) is 13.0 Å². The minimum Gasteiger partial charge on any atom is -0.198 e. The molecule has 0 atom stereocenters. The van der Waals surface area contributed by atoms with E-state index in [1.807, 2.05) is 0 Å². The molecular formula is C24H30N+. The molecule has 1 aromatic heterocycles. The minimum atomic E-state index is 0.392. The van der Waals surface area contributed by atoms with Crippen molar-refractivity contribution in [3.63, 3.8) is 0 Å². The number of hydrogen-bond donors (Lipinski definition) is 0. The SMILES string of the molecule is [2H]c1c(C)[n+](C)c(-c2cc(C)cc(C)c2C)c2ccc(C)c(C(C)C)c12. The topological polar surface area (TPSA) is 3.88 Å². The Balaban J connectivity index is 2.58. The number of benzene rings is 2. The summed E-state index contributed by atoms with van der Waals surface area (Å²) in [5, 5.41) is 2.30. The smallest absolute Gasteiger partial charge is 0.198 e. The van der Waals surface area contributed by atoms with Crippen molar-refractivity contribution in [2.24, 2.45) is 7.05 Å². The van der Waals surface area contributed by atoms with E-state index in [1.54, 1.807) is 0 Å². The Morgan fingerprint density at radius 1 is 0.920 bits per heavy atom. The lowest BCUT2D eigenvalue weighted by Gasteiger charge is -2.17. The van der Waals surface area contributed by atoms with Gasteiger partial charge in [-0.05, 0) is 73.4 Å². The third-order valence-electron chi connectivity index (χ3n) is 5.51. The Hall–Kier alpha value is -2.15. The van der Waals surface area contributed by atoms with Crippen LogP contribution in [-0.4, -0.2) is 0 Å². The van der Waals surface area contributed by atoms with Gasteiger partial charge in [-0.25, -0.2) is 0 Å². The molecule has 1 heteroatoms. The highest BCUT2D eigenvalue weighted by molar-refractivity contribution is 5.97. The third-order valence-corrected chi connectivity index (χ3v) is 5.51. The summed E-state index contributed by atoms with van der Waals surface area (Å²) < 4.78 is 11.0. The van der Waals surface area contributed by atoms with E-state index < -0.39 is 0 Å². The Labute approximate surface area is 153 Å². The number of rotatable bonds is 2. The van der Waals surface area contributed by atoms with E-state index in [-0.39, 0.29) is 0 Å². The molecule has 0 aliphatic rings. The number of pyridine rings is 1. The van der Waals surface area contributed by atoms with Crippen molar-refractivity contribution < 1.29 is 5.94 Å². The average Bonchev–Trinajstić information content (AvgIpc) is 2.57. The zero-order valence-corrected chi connectivity index (χ0v) is 16.8. The van der Waals surface area contributed by atoms with Crippen molar-refractivity contribution >= 4 is 10.8 Å². The Morgan fingerprint density at radius 3 is 2.24 bits per heavy atom. The fourth-order valence-electron chi connectivity index (χ4n) is 4.02. The predicted octanol–water partition coefficient (Wildman–Crippen LogP) is 6.00. The van der Waals surface area contributed by atoms with Crippen molar-refractivity contribution in [3.05, 3.63) is 63.8 Å². The lowest BCUT2D eigenvalue weighted by molar-refractivity contribution is -0.665. The molecule has 0 saturated heterocycles. The Morgan fingerprint density at radius 2 is 1.60 bits per heavy atom. The zero-order chi connectivity index (χ0) is 19.3.